The molecule has 0 unspecified atom stereocenters. The summed E-state index contributed by atoms with van der Waals surface area (Å²) in [4.78, 5) is 12.3. The molecule has 2 aromatic carbocycles. The fourth-order valence-electron chi connectivity index (χ4n) is 2.60. The molecule has 0 aliphatic heterocycles. The number of benzene rings is 2. The van der Waals surface area contributed by atoms with Gasteiger partial charge in [-0.05, 0) is 58.8 Å². The first-order valence-electron chi connectivity index (χ1n) is 8.26. The molecule has 0 radical (unpaired) electrons. The van der Waals surface area contributed by atoms with Gasteiger partial charge in [0.25, 0.3) is 0 Å². The molecule has 0 bridgehead atoms. The number of nitrogens with one attached hydrogen (secondary N) is 1. The summed E-state index contributed by atoms with van der Waals surface area (Å²) < 4.78 is 12.0. The fourth-order valence-corrected chi connectivity index (χ4v) is 2.89. The van der Waals surface area contributed by atoms with Crippen molar-refractivity contribution in [3.63, 3.8) is 0 Å². The summed E-state index contributed by atoms with van der Waals surface area (Å²) >= 11 is 6.18. The van der Waals surface area contributed by atoms with Gasteiger partial charge >= 0.3 is 0 Å². The van der Waals surface area contributed by atoms with Gasteiger partial charge in [-0.1, -0.05) is 17.7 Å². The van der Waals surface area contributed by atoms with Crippen LogP contribution in [0.5, 0.6) is 11.5 Å². The summed E-state index contributed by atoms with van der Waals surface area (Å²) in [7, 11) is 3.03. The molecule has 1 N–H and O–H groups in total. The molecule has 0 fully saturated rings. The van der Waals surface area contributed by atoms with Crippen LogP contribution < -0.4 is 14.8 Å². The van der Waals surface area contributed by atoms with E-state index in [2.05, 4.69) is 20.8 Å². The molecule has 0 saturated heterocycles. The van der Waals surface area contributed by atoms with Crippen molar-refractivity contribution in [2.75, 3.05) is 19.5 Å². The summed E-state index contributed by atoms with van der Waals surface area (Å²) in [6.07, 6.45) is 4.54. The van der Waals surface area contributed by atoms with E-state index in [0.717, 1.165) is 11.3 Å². The van der Waals surface area contributed by atoms with Gasteiger partial charge in [-0.2, -0.15) is 0 Å². The Labute approximate surface area is 166 Å². The molecular weight excluding hydrogens is 382 g/mol. The number of rotatable bonds is 6. The first-order valence-corrected chi connectivity index (χ1v) is 8.64. The third-order valence-corrected chi connectivity index (χ3v) is 4.24. The normalized spacial score (nSPS) is 10.9. The molecule has 144 valence electrons. The van der Waals surface area contributed by atoms with E-state index in [-0.39, 0.29) is 5.91 Å². The summed E-state index contributed by atoms with van der Waals surface area (Å²) in [5.41, 5.74) is 3.08. The minimum Gasteiger partial charge on any atom is -0.493 e. The Hall–Kier alpha value is -3.39. The van der Waals surface area contributed by atoms with E-state index < -0.39 is 0 Å². The highest BCUT2D eigenvalue weighted by atomic mass is 35.5. The van der Waals surface area contributed by atoms with Crippen LogP contribution in [-0.4, -0.2) is 40.3 Å². The maximum atomic E-state index is 12.3. The van der Waals surface area contributed by atoms with Gasteiger partial charge in [0.15, 0.2) is 11.5 Å². The molecule has 3 aromatic rings. The van der Waals surface area contributed by atoms with E-state index >= 15 is 0 Å². The number of hydrogen-bond donors (Lipinski definition) is 1. The van der Waals surface area contributed by atoms with Gasteiger partial charge in [0.05, 0.1) is 24.9 Å². The van der Waals surface area contributed by atoms with Crippen LogP contribution in [0.15, 0.2) is 42.7 Å². The molecule has 1 amide bonds. The predicted molar refractivity (Wildman–Crippen MR) is 106 cm³/mol. The van der Waals surface area contributed by atoms with E-state index in [4.69, 9.17) is 21.1 Å². The van der Waals surface area contributed by atoms with E-state index in [0.29, 0.717) is 27.8 Å². The number of hydrogen-bond acceptors (Lipinski definition) is 6. The van der Waals surface area contributed by atoms with Crippen molar-refractivity contribution in [3.8, 4) is 17.2 Å². The van der Waals surface area contributed by atoms with Crippen molar-refractivity contribution in [2.45, 2.75) is 6.92 Å². The maximum absolute atomic E-state index is 12.3. The zero-order valence-electron chi connectivity index (χ0n) is 15.5. The van der Waals surface area contributed by atoms with E-state index in [1.165, 1.54) is 31.3 Å². The average Bonchev–Trinajstić information content (AvgIpc) is 3.22. The maximum Gasteiger partial charge on any atom is 0.248 e. The number of aromatic nitrogens is 4. The number of ether oxygens (including phenoxy) is 2. The highest BCUT2D eigenvalue weighted by molar-refractivity contribution is 6.32. The summed E-state index contributed by atoms with van der Waals surface area (Å²) in [6.45, 7) is 1.93. The van der Waals surface area contributed by atoms with Crippen LogP contribution in [0.4, 0.5) is 5.69 Å². The van der Waals surface area contributed by atoms with Gasteiger partial charge < -0.3 is 14.8 Å². The van der Waals surface area contributed by atoms with Crippen LogP contribution in [0.25, 0.3) is 11.8 Å². The predicted octanol–water partition coefficient (Wildman–Crippen LogP) is 3.29. The molecule has 1 aromatic heterocycles. The number of carbonyl (C=O) groups excluding carboxylic acids is 1. The Morgan fingerprint density at radius 1 is 1.21 bits per heavy atom. The second-order valence-electron chi connectivity index (χ2n) is 5.82. The molecule has 0 aliphatic carbocycles. The monoisotopic (exact) mass is 399 g/mol. The Bertz CT molecular complexity index is 1020. The van der Waals surface area contributed by atoms with Crippen molar-refractivity contribution in [3.05, 3.63) is 58.9 Å². The van der Waals surface area contributed by atoms with Crippen LogP contribution in [0.2, 0.25) is 5.02 Å². The highest BCUT2D eigenvalue weighted by Gasteiger charge is 2.10. The van der Waals surface area contributed by atoms with Gasteiger partial charge in [0.1, 0.15) is 6.33 Å². The smallest absolute Gasteiger partial charge is 0.248 e. The number of anilines is 1. The van der Waals surface area contributed by atoms with Gasteiger partial charge in [-0.3, -0.25) is 4.79 Å². The summed E-state index contributed by atoms with van der Waals surface area (Å²) in [5.74, 6) is 0.637. The Morgan fingerprint density at radius 2 is 2.04 bits per heavy atom. The second-order valence-corrected chi connectivity index (χ2v) is 6.22. The number of halogens is 1. The number of nitrogens with zero attached hydrogens (tertiary/aromatic N) is 4. The van der Waals surface area contributed by atoms with Crippen LogP contribution in [0.1, 0.15) is 11.1 Å². The minimum absolute atomic E-state index is 0.294. The lowest BCUT2D eigenvalue weighted by atomic mass is 10.1. The van der Waals surface area contributed by atoms with Gasteiger partial charge in [0, 0.05) is 11.8 Å². The summed E-state index contributed by atoms with van der Waals surface area (Å²) in [6, 6.07) is 8.90. The Morgan fingerprint density at radius 3 is 2.71 bits per heavy atom. The SMILES string of the molecule is COc1cc(/C=C/C(=O)Nc2ccc(C)c(-n3cnnn3)c2)cc(Cl)c1OC. The average molecular weight is 400 g/mol. The second kappa shape index (κ2) is 8.53. The minimum atomic E-state index is -0.294. The molecule has 0 atom stereocenters. The number of carbonyl (C=O) groups is 1. The molecule has 8 nitrogen and oxygen atoms in total. The van der Waals surface area contributed by atoms with Crippen molar-refractivity contribution in [1.82, 2.24) is 20.2 Å². The lowest BCUT2D eigenvalue weighted by Crippen LogP contribution is -2.09. The number of tetrazole rings is 1. The Kier molecular flexibility index (Phi) is 5.90. The zero-order valence-corrected chi connectivity index (χ0v) is 16.3. The van der Waals surface area contributed by atoms with Gasteiger partial charge in [-0.25, -0.2) is 4.68 Å². The standard InChI is InChI=1S/C19H18ClN5O3/c1-12-4-6-14(10-16(12)25-11-21-23-24-25)22-18(26)7-5-13-8-15(20)19(28-3)17(9-13)27-2/h4-11H,1-3H3,(H,22,26)/b7-5+. The first kappa shape index (κ1) is 19.4. The molecule has 0 spiro atoms. The van der Waals surface area contributed by atoms with Crippen LogP contribution in [-0.2, 0) is 4.79 Å². The first-order chi connectivity index (χ1) is 13.5. The van der Waals surface area contributed by atoms with E-state index in [9.17, 15) is 4.79 Å². The Balaban J connectivity index is 1.76. The largest absolute Gasteiger partial charge is 0.493 e. The van der Waals surface area contributed by atoms with Gasteiger partial charge in [-0.15, -0.1) is 5.10 Å². The van der Waals surface area contributed by atoms with Crippen LogP contribution in [0.3, 0.4) is 0 Å². The lowest BCUT2D eigenvalue weighted by Gasteiger charge is -2.10. The van der Waals surface area contributed by atoms with Crippen molar-refractivity contribution in [1.29, 1.82) is 0 Å². The number of aryl methyl sites for hydroxylation is 1. The fraction of sp³-hybridized carbons (Fsp3) is 0.158. The third-order valence-electron chi connectivity index (χ3n) is 3.96. The zero-order chi connectivity index (χ0) is 20.1. The molecule has 28 heavy (non-hydrogen) atoms. The van der Waals surface area contributed by atoms with Gasteiger partial charge in [0.2, 0.25) is 5.91 Å². The van der Waals surface area contributed by atoms with Crippen LogP contribution in [0, 0.1) is 6.92 Å². The molecule has 9 heteroatoms. The summed E-state index contributed by atoms with van der Waals surface area (Å²) in [5, 5.41) is 14.3. The topological polar surface area (TPSA) is 91.2 Å². The quantitative estimate of drug-likeness (QED) is 0.639. The molecule has 1 heterocycles. The van der Waals surface area contributed by atoms with Crippen LogP contribution >= 0.6 is 11.6 Å². The molecule has 3 rings (SSSR count). The molecular formula is C19H18ClN5O3. The number of methoxy groups -OCH3 is 2. The van der Waals surface area contributed by atoms with Crippen molar-refractivity contribution < 1.29 is 14.3 Å². The van der Waals surface area contributed by atoms with Crippen molar-refractivity contribution in [2.24, 2.45) is 0 Å². The lowest BCUT2D eigenvalue weighted by molar-refractivity contribution is -0.111. The highest BCUT2D eigenvalue weighted by Crippen LogP contribution is 2.36. The molecule has 0 aliphatic rings. The van der Waals surface area contributed by atoms with E-state index in [1.54, 1.807) is 24.3 Å². The van der Waals surface area contributed by atoms with E-state index in [1.807, 2.05) is 19.1 Å². The van der Waals surface area contributed by atoms with Crippen molar-refractivity contribution >= 4 is 29.3 Å². The number of amides is 1. The third kappa shape index (κ3) is 4.29. The molecule has 0 saturated carbocycles.